The van der Waals surface area contributed by atoms with Crippen LogP contribution in [0.2, 0.25) is 0 Å². The predicted molar refractivity (Wildman–Crippen MR) is 74.5 cm³/mol. The van der Waals surface area contributed by atoms with E-state index in [4.69, 9.17) is 4.52 Å². The molecular weight excluding hydrogens is 236 g/mol. The molecule has 0 radical (unpaired) electrons. The van der Waals surface area contributed by atoms with Gasteiger partial charge >= 0.3 is 0 Å². The van der Waals surface area contributed by atoms with Crippen molar-refractivity contribution in [1.82, 2.24) is 10.1 Å². The van der Waals surface area contributed by atoms with Crippen molar-refractivity contribution >= 4 is 0 Å². The zero-order chi connectivity index (χ0) is 13.1. The van der Waals surface area contributed by atoms with Gasteiger partial charge in [0, 0.05) is 29.6 Å². The van der Waals surface area contributed by atoms with Crippen molar-refractivity contribution in [3.05, 3.63) is 60.4 Å². The SMILES string of the molecule is CCc1ccc(-c2cc(-c3cccnc3)on2)cc1. The number of pyridine rings is 1. The molecule has 0 bridgehead atoms. The van der Waals surface area contributed by atoms with Crippen LogP contribution < -0.4 is 0 Å². The fourth-order valence-corrected chi connectivity index (χ4v) is 1.97. The Morgan fingerprint density at radius 2 is 1.89 bits per heavy atom. The highest BCUT2D eigenvalue weighted by molar-refractivity contribution is 5.66. The van der Waals surface area contributed by atoms with E-state index in [0.29, 0.717) is 0 Å². The van der Waals surface area contributed by atoms with E-state index in [1.54, 1.807) is 12.4 Å². The second-order valence-electron chi connectivity index (χ2n) is 4.37. The van der Waals surface area contributed by atoms with Crippen LogP contribution in [0.15, 0.2) is 59.4 Å². The molecule has 94 valence electrons. The molecule has 0 amide bonds. The first-order chi connectivity index (χ1) is 9.36. The van der Waals surface area contributed by atoms with E-state index in [-0.39, 0.29) is 0 Å². The van der Waals surface area contributed by atoms with E-state index in [9.17, 15) is 0 Å². The van der Waals surface area contributed by atoms with Crippen LogP contribution >= 0.6 is 0 Å². The molecule has 0 aliphatic heterocycles. The molecule has 0 fully saturated rings. The topological polar surface area (TPSA) is 38.9 Å². The lowest BCUT2D eigenvalue weighted by atomic mass is 10.1. The Morgan fingerprint density at radius 1 is 1.05 bits per heavy atom. The molecule has 3 nitrogen and oxygen atoms in total. The summed E-state index contributed by atoms with van der Waals surface area (Å²) < 4.78 is 5.37. The number of aryl methyl sites for hydroxylation is 1. The number of hydrogen-bond acceptors (Lipinski definition) is 3. The first-order valence-corrected chi connectivity index (χ1v) is 6.33. The minimum atomic E-state index is 0.739. The molecule has 0 N–H and O–H groups in total. The van der Waals surface area contributed by atoms with Crippen LogP contribution in [0.1, 0.15) is 12.5 Å². The Hall–Kier alpha value is -2.42. The Morgan fingerprint density at radius 3 is 2.58 bits per heavy atom. The number of benzene rings is 1. The molecule has 3 heteroatoms. The van der Waals surface area contributed by atoms with Crippen LogP contribution in [0.3, 0.4) is 0 Å². The summed E-state index contributed by atoms with van der Waals surface area (Å²) in [6.07, 6.45) is 4.55. The number of aromatic nitrogens is 2. The first-order valence-electron chi connectivity index (χ1n) is 6.33. The lowest BCUT2D eigenvalue weighted by molar-refractivity contribution is 0.435. The highest BCUT2D eigenvalue weighted by atomic mass is 16.5. The van der Waals surface area contributed by atoms with Gasteiger partial charge in [-0.3, -0.25) is 4.98 Å². The maximum atomic E-state index is 5.37. The normalized spacial score (nSPS) is 10.6. The van der Waals surface area contributed by atoms with Crippen LogP contribution in [0.5, 0.6) is 0 Å². The Balaban J connectivity index is 1.92. The average Bonchev–Trinajstić information content (AvgIpc) is 2.98. The van der Waals surface area contributed by atoms with Crippen molar-refractivity contribution in [2.24, 2.45) is 0 Å². The van der Waals surface area contributed by atoms with Crippen molar-refractivity contribution in [2.75, 3.05) is 0 Å². The van der Waals surface area contributed by atoms with E-state index in [0.717, 1.165) is 29.0 Å². The largest absolute Gasteiger partial charge is 0.356 e. The lowest BCUT2D eigenvalue weighted by Gasteiger charge is -1.97. The summed E-state index contributed by atoms with van der Waals surface area (Å²) in [5, 5.41) is 4.12. The molecular formula is C16H14N2O. The fourth-order valence-electron chi connectivity index (χ4n) is 1.97. The highest BCUT2D eigenvalue weighted by Gasteiger charge is 2.08. The van der Waals surface area contributed by atoms with Crippen molar-refractivity contribution in [3.63, 3.8) is 0 Å². The second kappa shape index (κ2) is 5.06. The molecule has 0 aliphatic carbocycles. The van der Waals surface area contributed by atoms with Gasteiger partial charge in [0.25, 0.3) is 0 Å². The van der Waals surface area contributed by atoms with E-state index in [1.165, 1.54) is 5.56 Å². The van der Waals surface area contributed by atoms with Crippen LogP contribution in [0.4, 0.5) is 0 Å². The smallest absolute Gasteiger partial charge is 0.169 e. The zero-order valence-electron chi connectivity index (χ0n) is 10.7. The summed E-state index contributed by atoms with van der Waals surface area (Å²) in [4.78, 5) is 4.08. The fraction of sp³-hybridized carbons (Fsp3) is 0.125. The summed E-state index contributed by atoms with van der Waals surface area (Å²) in [5.41, 5.74) is 4.17. The van der Waals surface area contributed by atoms with Gasteiger partial charge in [-0.25, -0.2) is 0 Å². The van der Waals surface area contributed by atoms with Gasteiger partial charge in [0.05, 0.1) is 0 Å². The molecule has 1 aromatic carbocycles. The average molecular weight is 250 g/mol. The summed E-state index contributed by atoms with van der Waals surface area (Å²) in [6.45, 7) is 2.14. The molecule has 0 aliphatic rings. The van der Waals surface area contributed by atoms with Crippen molar-refractivity contribution in [2.45, 2.75) is 13.3 Å². The van der Waals surface area contributed by atoms with Gasteiger partial charge in [-0.1, -0.05) is 36.3 Å². The van der Waals surface area contributed by atoms with Crippen molar-refractivity contribution in [1.29, 1.82) is 0 Å². The number of hydrogen-bond donors (Lipinski definition) is 0. The molecule has 0 atom stereocenters. The van der Waals surface area contributed by atoms with Gasteiger partial charge in [-0.2, -0.15) is 0 Å². The monoisotopic (exact) mass is 250 g/mol. The van der Waals surface area contributed by atoms with Crippen LogP contribution in [-0.4, -0.2) is 10.1 Å². The lowest BCUT2D eigenvalue weighted by Crippen LogP contribution is -1.80. The van der Waals surface area contributed by atoms with Crippen LogP contribution in [-0.2, 0) is 6.42 Å². The molecule has 19 heavy (non-hydrogen) atoms. The quantitative estimate of drug-likeness (QED) is 0.706. The minimum Gasteiger partial charge on any atom is -0.356 e. The Kier molecular flexibility index (Phi) is 3.11. The second-order valence-corrected chi connectivity index (χ2v) is 4.37. The maximum absolute atomic E-state index is 5.37. The van der Waals surface area contributed by atoms with E-state index >= 15 is 0 Å². The van der Waals surface area contributed by atoms with E-state index in [2.05, 4.69) is 41.3 Å². The molecule has 3 aromatic rings. The van der Waals surface area contributed by atoms with Crippen LogP contribution in [0.25, 0.3) is 22.6 Å². The zero-order valence-corrected chi connectivity index (χ0v) is 10.7. The van der Waals surface area contributed by atoms with Gasteiger partial charge < -0.3 is 4.52 Å². The summed E-state index contributed by atoms with van der Waals surface area (Å²) in [7, 11) is 0. The molecule has 0 saturated heterocycles. The molecule has 0 spiro atoms. The Labute approximate surface area is 111 Å². The molecule has 2 aromatic heterocycles. The number of nitrogens with zero attached hydrogens (tertiary/aromatic N) is 2. The number of rotatable bonds is 3. The van der Waals surface area contributed by atoms with Crippen molar-refractivity contribution in [3.8, 4) is 22.6 Å². The third kappa shape index (κ3) is 2.40. The van der Waals surface area contributed by atoms with Crippen LogP contribution in [0, 0.1) is 0 Å². The Bertz CT molecular complexity index is 657. The van der Waals surface area contributed by atoms with Gasteiger partial charge in [0.15, 0.2) is 5.76 Å². The van der Waals surface area contributed by atoms with Gasteiger partial charge in [0.2, 0.25) is 0 Å². The molecule has 0 unspecified atom stereocenters. The molecule has 2 heterocycles. The van der Waals surface area contributed by atoms with Gasteiger partial charge in [0.1, 0.15) is 5.69 Å². The standard InChI is InChI=1S/C16H14N2O/c1-2-12-5-7-13(8-6-12)15-10-16(19-18-15)14-4-3-9-17-11-14/h3-11H,2H2,1H3. The van der Waals surface area contributed by atoms with E-state index < -0.39 is 0 Å². The summed E-state index contributed by atoms with van der Waals surface area (Å²) in [6, 6.07) is 14.2. The molecule has 0 saturated carbocycles. The predicted octanol–water partition coefficient (Wildman–Crippen LogP) is 3.97. The minimum absolute atomic E-state index is 0.739. The van der Waals surface area contributed by atoms with Gasteiger partial charge in [-0.05, 0) is 24.1 Å². The maximum Gasteiger partial charge on any atom is 0.169 e. The van der Waals surface area contributed by atoms with E-state index in [1.807, 2.05) is 18.2 Å². The summed E-state index contributed by atoms with van der Waals surface area (Å²) in [5.74, 6) is 0.739. The third-order valence-corrected chi connectivity index (χ3v) is 3.11. The third-order valence-electron chi connectivity index (χ3n) is 3.11. The van der Waals surface area contributed by atoms with Gasteiger partial charge in [-0.15, -0.1) is 0 Å². The first kappa shape index (κ1) is 11.7. The molecule has 3 rings (SSSR count). The summed E-state index contributed by atoms with van der Waals surface area (Å²) >= 11 is 0. The highest BCUT2D eigenvalue weighted by Crippen LogP contribution is 2.25. The van der Waals surface area contributed by atoms with Crippen molar-refractivity contribution < 1.29 is 4.52 Å².